The lowest BCUT2D eigenvalue weighted by Gasteiger charge is -2.12. The van der Waals surface area contributed by atoms with E-state index in [0.29, 0.717) is 0 Å². The van der Waals surface area contributed by atoms with E-state index in [9.17, 15) is 4.79 Å². The van der Waals surface area contributed by atoms with E-state index in [-0.39, 0.29) is 5.91 Å². The van der Waals surface area contributed by atoms with Crippen molar-refractivity contribution in [3.05, 3.63) is 101 Å². The van der Waals surface area contributed by atoms with E-state index in [2.05, 4.69) is 59.9 Å². The van der Waals surface area contributed by atoms with Gasteiger partial charge in [-0.1, -0.05) is 60.7 Å². The molecule has 0 spiro atoms. The van der Waals surface area contributed by atoms with Crippen molar-refractivity contribution < 1.29 is 4.79 Å². The lowest BCUT2D eigenvalue weighted by Crippen LogP contribution is -2.05. The zero-order valence-electron chi connectivity index (χ0n) is 14.8. The van der Waals surface area contributed by atoms with Crippen molar-refractivity contribution in [2.45, 2.75) is 19.8 Å². The van der Waals surface area contributed by atoms with Gasteiger partial charge in [0.1, 0.15) is 0 Å². The van der Waals surface area contributed by atoms with Gasteiger partial charge in [-0.3, -0.25) is 4.79 Å². The van der Waals surface area contributed by atoms with Gasteiger partial charge in [0, 0.05) is 12.6 Å². The molecule has 0 atom stereocenters. The van der Waals surface area contributed by atoms with Gasteiger partial charge in [0.05, 0.1) is 0 Å². The summed E-state index contributed by atoms with van der Waals surface area (Å²) < 4.78 is 0. The molecule has 26 heavy (non-hydrogen) atoms. The Balaban J connectivity index is 1.82. The molecule has 0 aromatic heterocycles. The average molecular weight is 339 g/mol. The molecule has 0 bridgehead atoms. The smallest absolute Gasteiger partial charge is 0.221 e. The van der Waals surface area contributed by atoms with E-state index >= 15 is 0 Å². The van der Waals surface area contributed by atoms with Crippen LogP contribution in [0.4, 0.5) is 5.69 Å². The minimum atomic E-state index is -0.0530. The largest absolute Gasteiger partial charge is 0.326 e. The van der Waals surface area contributed by atoms with E-state index in [1.54, 1.807) is 0 Å². The second-order valence-electron chi connectivity index (χ2n) is 6.68. The lowest BCUT2D eigenvalue weighted by molar-refractivity contribution is -0.114. The summed E-state index contributed by atoms with van der Waals surface area (Å²) in [5.74, 6) is -0.0530. The number of hydrogen-bond acceptors (Lipinski definition) is 1. The van der Waals surface area contributed by atoms with Crippen LogP contribution in [0.15, 0.2) is 72.8 Å². The number of carbonyl (C=O) groups excluding carboxylic acids is 1. The van der Waals surface area contributed by atoms with Gasteiger partial charge >= 0.3 is 0 Å². The molecule has 128 valence electrons. The normalized spacial score (nSPS) is 12.6. The van der Waals surface area contributed by atoms with Gasteiger partial charge in [0.25, 0.3) is 0 Å². The number of nitrogens with one attached hydrogen (secondary N) is 1. The summed E-state index contributed by atoms with van der Waals surface area (Å²) in [7, 11) is 0. The van der Waals surface area contributed by atoms with Gasteiger partial charge in [-0.05, 0) is 64.4 Å². The molecule has 0 aliphatic heterocycles. The first kappa shape index (κ1) is 16.3. The molecule has 4 rings (SSSR count). The molecule has 1 amide bonds. The summed E-state index contributed by atoms with van der Waals surface area (Å²) in [6, 6.07) is 25.4. The minimum absolute atomic E-state index is 0.0530. The molecule has 2 nitrogen and oxygen atoms in total. The Morgan fingerprint density at radius 1 is 0.808 bits per heavy atom. The molecule has 0 heterocycles. The van der Waals surface area contributed by atoms with E-state index in [4.69, 9.17) is 0 Å². The van der Waals surface area contributed by atoms with Crippen LogP contribution in [-0.4, -0.2) is 5.91 Å². The van der Waals surface area contributed by atoms with E-state index < -0.39 is 0 Å². The number of carbonyl (C=O) groups is 1. The van der Waals surface area contributed by atoms with Gasteiger partial charge in [-0.2, -0.15) is 0 Å². The third-order valence-electron chi connectivity index (χ3n) is 4.82. The summed E-state index contributed by atoms with van der Waals surface area (Å²) in [6.07, 6.45) is 4.37. The monoisotopic (exact) mass is 339 g/mol. The summed E-state index contributed by atoms with van der Waals surface area (Å²) in [5.41, 5.74) is 8.62. The van der Waals surface area contributed by atoms with E-state index in [1.807, 2.05) is 24.3 Å². The Bertz CT molecular complexity index is 934. The predicted octanol–water partition coefficient (Wildman–Crippen LogP) is 5.33. The SMILES string of the molecule is CC(=O)Nc1ccc(C=C2c3ccccc3CCc3ccccc32)cc1. The minimum Gasteiger partial charge on any atom is -0.326 e. The highest BCUT2D eigenvalue weighted by atomic mass is 16.1. The highest BCUT2D eigenvalue weighted by Gasteiger charge is 2.17. The second-order valence-corrected chi connectivity index (χ2v) is 6.68. The number of hydrogen-bond donors (Lipinski definition) is 1. The number of anilines is 1. The van der Waals surface area contributed by atoms with Crippen LogP contribution in [0, 0.1) is 0 Å². The summed E-state index contributed by atoms with van der Waals surface area (Å²) in [4.78, 5) is 11.2. The first-order valence-corrected chi connectivity index (χ1v) is 8.96. The van der Waals surface area contributed by atoms with Gasteiger partial charge in [-0.15, -0.1) is 0 Å². The van der Waals surface area contributed by atoms with Gasteiger partial charge in [0.15, 0.2) is 0 Å². The average Bonchev–Trinajstić information content (AvgIpc) is 2.81. The Kier molecular flexibility index (Phi) is 4.40. The van der Waals surface area contributed by atoms with Crippen LogP contribution in [0.25, 0.3) is 11.6 Å². The molecule has 1 aliphatic carbocycles. The first-order valence-electron chi connectivity index (χ1n) is 8.96. The van der Waals surface area contributed by atoms with Crippen molar-refractivity contribution in [1.82, 2.24) is 0 Å². The van der Waals surface area contributed by atoms with Gasteiger partial charge < -0.3 is 5.32 Å². The predicted molar refractivity (Wildman–Crippen MR) is 108 cm³/mol. The molecule has 2 heteroatoms. The van der Waals surface area contributed by atoms with Crippen molar-refractivity contribution in [2.24, 2.45) is 0 Å². The molecular formula is C24H21NO. The molecule has 1 N–H and O–H groups in total. The molecule has 0 saturated carbocycles. The number of rotatable bonds is 2. The van der Waals surface area contributed by atoms with Crippen LogP contribution < -0.4 is 5.32 Å². The third kappa shape index (κ3) is 3.31. The van der Waals surface area contributed by atoms with Crippen LogP contribution in [0.3, 0.4) is 0 Å². The van der Waals surface area contributed by atoms with Gasteiger partial charge in [0.2, 0.25) is 5.91 Å². The number of amides is 1. The zero-order chi connectivity index (χ0) is 17.9. The quantitative estimate of drug-likeness (QED) is 0.671. The Morgan fingerprint density at radius 2 is 1.35 bits per heavy atom. The molecule has 0 radical (unpaired) electrons. The number of benzene rings is 3. The van der Waals surface area contributed by atoms with Gasteiger partial charge in [-0.25, -0.2) is 0 Å². The third-order valence-corrected chi connectivity index (χ3v) is 4.82. The molecular weight excluding hydrogens is 318 g/mol. The Hall–Kier alpha value is -3.13. The maximum atomic E-state index is 11.2. The fraction of sp³-hybridized carbons (Fsp3) is 0.125. The van der Waals surface area contributed by atoms with Crippen LogP contribution >= 0.6 is 0 Å². The molecule has 3 aromatic rings. The highest BCUT2D eigenvalue weighted by molar-refractivity contribution is 5.94. The van der Waals surface area contributed by atoms with Crippen LogP contribution in [-0.2, 0) is 17.6 Å². The Labute approximate surface area is 154 Å². The standard InChI is InChI=1S/C24H21NO/c1-17(26)25-21-14-10-18(11-15-21)16-24-22-8-4-2-6-19(22)12-13-20-7-3-5-9-23(20)24/h2-11,14-16H,12-13H2,1H3,(H,25,26). The molecule has 0 saturated heterocycles. The molecule has 0 fully saturated rings. The zero-order valence-corrected chi connectivity index (χ0v) is 14.8. The number of aryl methyl sites for hydroxylation is 2. The van der Waals surface area contributed by atoms with E-state index in [1.165, 1.54) is 34.8 Å². The molecule has 0 unspecified atom stereocenters. The van der Waals surface area contributed by atoms with E-state index in [0.717, 1.165) is 24.1 Å². The van der Waals surface area contributed by atoms with Crippen molar-refractivity contribution >= 4 is 23.2 Å². The molecule has 3 aromatic carbocycles. The van der Waals surface area contributed by atoms with Crippen LogP contribution in [0.1, 0.15) is 34.7 Å². The van der Waals surface area contributed by atoms with Crippen molar-refractivity contribution in [2.75, 3.05) is 5.32 Å². The Morgan fingerprint density at radius 3 is 1.88 bits per heavy atom. The lowest BCUT2D eigenvalue weighted by atomic mass is 9.92. The topological polar surface area (TPSA) is 29.1 Å². The first-order chi connectivity index (χ1) is 12.7. The summed E-state index contributed by atoms with van der Waals surface area (Å²) in [5, 5.41) is 2.82. The van der Waals surface area contributed by atoms with Crippen LogP contribution in [0.2, 0.25) is 0 Å². The van der Waals surface area contributed by atoms with Crippen LogP contribution in [0.5, 0.6) is 0 Å². The molecule has 1 aliphatic rings. The second kappa shape index (κ2) is 7.01. The fourth-order valence-electron chi connectivity index (χ4n) is 3.60. The highest BCUT2D eigenvalue weighted by Crippen LogP contribution is 2.34. The summed E-state index contributed by atoms with van der Waals surface area (Å²) >= 11 is 0. The maximum Gasteiger partial charge on any atom is 0.221 e. The van der Waals surface area contributed by atoms with Crippen molar-refractivity contribution in [1.29, 1.82) is 0 Å². The van der Waals surface area contributed by atoms with Crippen molar-refractivity contribution in [3.63, 3.8) is 0 Å². The van der Waals surface area contributed by atoms with Crippen molar-refractivity contribution in [3.8, 4) is 0 Å². The fourth-order valence-corrected chi connectivity index (χ4v) is 3.60. The summed E-state index contributed by atoms with van der Waals surface area (Å²) in [6.45, 7) is 1.52. The maximum absolute atomic E-state index is 11.2. The number of fused-ring (bicyclic) bond motifs is 2.